The molecule has 1 aliphatic heterocycles. The summed E-state index contributed by atoms with van der Waals surface area (Å²) >= 11 is 0. The summed E-state index contributed by atoms with van der Waals surface area (Å²) in [4.78, 5) is 11.5. The SMILES string of the molecule is O=C(N[C@@H]1C[C@H]1c1ccccc1C(F)(F)F)C1CO1. The number of hydrogen-bond donors (Lipinski definition) is 1. The monoisotopic (exact) mass is 271 g/mol. The Morgan fingerprint density at radius 2 is 2.00 bits per heavy atom. The summed E-state index contributed by atoms with van der Waals surface area (Å²) in [5.74, 6) is -0.475. The topological polar surface area (TPSA) is 41.6 Å². The highest BCUT2D eigenvalue weighted by atomic mass is 19.4. The molecule has 2 aliphatic rings. The molecular formula is C13H12F3NO2. The first-order chi connectivity index (χ1) is 8.97. The number of ether oxygens (including phenoxy) is 1. The van der Waals surface area contributed by atoms with Gasteiger partial charge in [0.2, 0.25) is 0 Å². The molecule has 3 nitrogen and oxygen atoms in total. The minimum absolute atomic E-state index is 0.208. The summed E-state index contributed by atoms with van der Waals surface area (Å²) in [6.45, 7) is 0.405. The zero-order valence-electron chi connectivity index (χ0n) is 9.91. The molecule has 1 aliphatic carbocycles. The van der Waals surface area contributed by atoms with Crippen LogP contribution in [0.15, 0.2) is 24.3 Å². The Bertz CT molecular complexity index is 511. The molecule has 1 saturated carbocycles. The van der Waals surface area contributed by atoms with Crippen LogP contribution in [0.4, 0.5) is 13.2 Å². The molecule has 3 rings (SSSR count). The predicted molar refractivity (Wildman–Crippen MR) is 60.5 cm³/mol. The largest absolute Gasteiger partial charge is 0.416 e. The van der Waals surface area contributed by atoms with Crippen LogP contribution < -0.4 is 5.32 Å². The molecule has 0 spiro atoms. The van der Waals surface area contributed by atoms with Crippen molar-refractivity contribution in [1.82, 2.24) is 5.32 Å². The lowest BCUT2D eigenvalue weighted by Gasteiger charge is -2.12. The van der Waals surface area contributed by atoms with Crippen LogP contribution >= 0.6 is 0 Å². The van der Waals surface area contributed by atoms with Crippen molar-refractivity contribution < 1.29 is 22.7 Å². The van der Waals surface area contributed by atoms with Crippen LogP contribution in [0.2, 0.25) is 0 Å². The van der Waals surface area contributed by atoms with Crippen LogP contribution in [0.25, 0.3) is 0 Å². The Hall–Kier alpha value is -1.56. The van der Waals surface area contributed by atoms with Crippen molar-refractivity contribution in [2.45, 2.75) is 30.7 Å². The number of hydrogen-bond acceptors (Lipinski definition) is 2. The molecule has 1 amide bonds. The van der Waals surface area contributed by atoms with Gasteiger partial charge in [0.25, 0.3) is 5.91 Å². The fraction of sp³-hybridized carbons (Fsp3) is 0.462. The summed E-state index contributed by atoms with van der Waals surface area (Å²) in [5.41, 5.74) is -0.351. The lowest BCUT2D eigenvalue weighted by atomic mass is 10.0. The van der Waals surface area contributed by atoms with Gasteiger partial charge in [-0.3, -0.25) is 4.79 Å². The van der Waals surface area contributed by atoms with Gasteiger partial charge in [-0.2, -0.15) is 13.2 Å². The van der Waals surface area contributed by atoms with Gasteiger partial charge in [-0.25, -0.2) is 0 Å². The Morgan fingerprint density at radius 3 is 2.63 bits per heavy atom. The van der Waals surface area contributed by atoms with Crippen LogP contribution in [0.3, 0.4) is 0 Å². The van der Waals surface area contributed by atoms with E-state index in [9.17, 15) is 18.0 Å². The number of alkyl halides is 3. The second-order valence-corrected chi connectivity index (χ2v) is 4.86. The molecule has 19 heavy (non-hydrogen) atoms. The minimum atomic E-state index is -4.35. The van der Waals surface area contributed by atoms with Crippen molar-refractivity contribution in [2.75, 3.05) is 6.61 Å². The van der Waals surface area contributed by atoms with Gasteiger partial charge in [-0.15, -0.1) is 0 Å². The summed E-state index contributed by atoms with van der Waals surface area (Å²) < 4.78 is 43.4. The van der Waals surface area contributed by atoms with Gasteiger partial charge in [0.05, 0.1) is 12.2 Å². The van der Waals surface area contributed by atoms with E-state index in [1.165, 1.54) is 12.1 Å². The molecule has 1 N–H and O–H groups in total. The van der Waals surface area contributed by atoms with Gasteiger partial charge in [0.15, 0.2) is 6.10 Å². The molecule has 1 saturated heterocycles. The number of rotatable bonds is 3. The van der Waals surface area contributed by atoms with Crippen LogP contribution in [0.5, 0.6) is 0 Å². The zero-order valence-corrected chi connectivity index (χ0v) is 9.91. The van der Waals surface area contributed by atoms with Crippen molar-refractivity contribution in [3.05, 3.63) is 35.4 Å². The molecule has 2 fully saturated rings. The third kappa shape index (κ3) is 2.58. The number of benzene rings is 1. The minimum Gasteiger partial charge on any atom is -0.363 e. The van der Waals surface area contributed by atoms with Gasteiger partial charge < -0.3 is 10.1 Å². The Balaban J connectivity index is 1.72. The molecule has 3 atom stereocenters. The fourth-order valence-corrected chi connectivity index (χ4v) is 2.25. The molecule has 0 radical (unpaired) electrons. The summed E-state index contributed by atoms with van der Waals surface area (Å²) in [5, 5.41) is 2.71. The molecule has 1 aromatic carbocycles. The predicted octanol–water partition coefficient (Wildman–Crippen LogP) is 2.08. The van der Waals surface area contributed by atoms with Gasteiger partial charge in [-0.05, 0) is 18.1 Å². The molecule has 1 aromatic rings. The van der Waals surface area contributed by atoms with Crippen LogP contribution in [0, 0.1) is 0 Å². The van der Waals surface area contributed by atoms with E-state index >= 15 is 0 Å². The highest BCUT2D eigenvalue weighted by Gasteiger charge is 2.46. The van der Waals surface area contributed by atoms with Crippen LogP contribution in [-0.4, -0.2) is 24.7 Å². The molecule has 102 valence electrons. The molecule has 6 heteroatoms. The third-order valence-corrected chi connectivity index (χ3v) is 3.41. The standard InChI is InChI=1S/C13H12F3NO2/c14-13(15,16)9-4-2-1-3-7(9)8-5-10(8)17-12(18)11-6-19-11/h1-4,8,10-11H,5-6H2,(H,17,18)/t8-,10+,11?/m0/s1. The number of halogens is 3. The zero-order chi connectivity index (χ0) is 13.6. The summed E-state index contributed by atoms with van der Waals surface area (Å²) in [6, 6.07) is 5.32. The maximum Gasteiger partial charge on any atom is 0.416 e. The first kappa shape index (κ1) is 12.5. The van der Waals surface area contributed by atoms with E-state index in [4.69, 9.17) is 4.74 Å². The second kappa shape index (κ2) is 4.23. The van der Waals surface area contributed by atoms with E-state index in [0.717, 1.165) is 6.07 Å². The van der Waals surface area contributed by atoms with Crippen LogP contribution in [0.1, 0.15) is 23.5 Å². The van der Waals surface area contributed by atoms with E-state index in [1.54, 1.807) is 6.07 Å². The first-order valence-electron chi connectivity index (χ1n) is 6.05. The van der Waals surface area contributed by atoms with E-state index in [0.29, 0.717) is 13.0 Å². The highest BCUT2D eigenvalue weighted by molar-refractivity contribution is 5.83. The number of epoxide rings is 1. The summed E-state index contributed by atoms with van der Waals surface area (Å²) in [7, 11) is 0. The molecule has 0 aromatic heterocycles. The highest BCUT2D eigenvalue weighted by Crippen LogP contribution is 2.46. The van der Waals surface area contributed by atoms with E-state index < -0.39 is 17.8 Å². The van der Waals surface area contributed by atoms with Gasteiger partial charge >= 0.3 is 6.18 Å². The number of amides is 1. The van der Waals surface area contributed by atoms with E-state index in [1.807, 2.05) is 0 Å². The maximum absolute atomic E-state index is 12.9. The molecule has 1 heterocycles. The van der Waals surface area contributed by atoms with Gasteiger partial charge in [0, 0.05) is 12.0 Å². The smallest absolute Gasteiger partial charge is 0.363 e. The second-order valence-electron chi connectivity index (χ2n) is 4.86. The average molecular weight is 271 g/mol. The Labute approximate surface area is 107 Å². The van der Waals surface area contributed by atoms with Crippen molar-refractivity contribution in [2.24, 2.45) is 0 Å². The quantitative estimate of drug-likeness (QED) is 0.855. The van der Waals surface area contributed by atoms with Crippen molar-refractivity contribution in [1.29, 1.82) is 0 Å². The van der Waals surface area contributed by atoms with Crippen molar-refractivity contribution >= 4 is 5.91 Å². The first-order valence-corrected chi connectivity index (χ1v) is 6.05. The van der Waals surface area contributed by atoms with Gasteiger partial charge in [-0.1, -0.05) is 18.2 Å². The summed E-state index contributed by atoms with van der Waals surface area (Å²) in [6.07, 6.45) is -4.21. The van der Waals surface area contributed by atoms with Crippen molar-refractivity contribution in [3.63, 3.8) is 0 Å². The molecule has 1 unspecified atom stereocenters. The van der Waals surface area contributed by atoms with Crippen molar-refractivity contribution in [3.8, 4) is 0 Å². The van der Waals surface area contributed by atoms with Gasteiger partial charge in [0.1, 0.15) is 0 Å². The number of carbonyl (C=O) groups is 1. The van der Waals surface area contributed by atoms with Crippen LogP contribution in [-0.2, 0) is 15.7 Å². The fourth-order valence-electron chi connectivity index (χ4n) is 2.25. The molecule has 0 bridgehead atoms. The number of carbonyl (C=O) groups excluding carboxylic acids is 1. The Morgan fingerprint density at radius 1 is 1.32 bits per heavy atom. The van der Waals surface area contributed by atoms with E-state index in [2.05, 4.69) is 5.32 Å². The normalized spacial score (nSPS) is 28.9. The molecular weight excluding hydrogens is 259 g/mol. The average Bonchev–Trinajstić information content (AvgIpc) is 3.22. The van der Waals surface area contributed by atoms with E-state index in [-0.39, 0.29) is 23.4 Å². The number of nitrogens with one attached hydrogen (secondary N) is 1. The third-order valence-electron chi connectivity index (χ3n) is 3.41. The lowest BCUT2D eigenvalue weighted by Crippen LogP contribution is -2.30. The lowest BCUT2D eigenvalue weighted by molar-refractivity contribution is -0.138. The maximum atomic E-state index is 12.9. The Kier molecular flexibility index (Phi) is 2.78.